The van der Waals surface area contributed by atoms with Crippen LogP contribution < -0.4 is 10.6 Å². The lowest BCUT2D eigenvalue weighted by molar-refractivity contribution is -0.130. The molecular formula is C15H20FN3O2. The molecule has 21 heavy (non-hydrogen) atoms. The largest absolute Gasteiger partial charge is 0.409 e. The number of para-hydroxylation sites is 1. The molecule has 1 amide bonds. The van der Waals surface area contributed by atoms with E-state index in [1.807, 2.05) is 6.92 Å². The van der Waals surface area contributed by atoms with Crippen LogP contribution in [-0.4, -0.2) is 23.5 Å². The number of hydrogen-bond acceptors (Lipinski definition) is 3. The molecule has 1 aliphatic carbocycles. The predicted molar refractivity (Wildman–Crippen MR) is 78.7 cm³/mol. The summed E-state index contributed by atoms with van der Waals surface area (Å²) in [7, 11) is 0. The van der Waals surface area contributed by atoms with Gasteiger partial charge in [0.05, 0.1) is 5.69 Å². The monoisotopic (exact) mass is 293 g/mol. The second kappa shape index (κ2) is 5.71. The van der Waals surface area contributed by atoms with Crippen LogP contribution in [0.15, 0.2) is 29.4 Å². The maximum Gasteiger partial charge on any atom is 0.241 e. The molecule has 1 aromatic rings. The van der Waals surface area contributed by atoms with Gasteiger partial charge in [-0.15, -0.1) is 0 Å². The smallest absolute Gasteiger partial charge is 0.241 e. The van der Waals surface area contributed by atoms with Crippen LogP contribution in [0.3, 0.4) is 0 Å². The minimum absolute atomic E-state index is 0.0969. The first-order valence-electron chi connectivity index (χ1n) is 7.00. The number of oxime groups is 1. The molecule has 0 spiro atoms. The van der Waals surface area contributed by atoms with Crippen LogP contribution in [-0.2, 0) is 4.79 Å². The second-order valence-electron chi connectivity index (χ2n) is 5.58. The van der Waals surface area contributed by atoms with Crippen molar-refractivity contribution < 1.29 is 14.4 Å². The van der Waals surface area contributed by atoms with Crippen molar-refractivity contribution in [3.8, 4) is 0 Å². The molecule has 0 bridgehead atoms. The highest BCUT2D eigenvalue weighted by molar-refractivity contribution is 6.13. The number of anilines is 1. The van der Waals surface area contributed by atoms with Crippen LogP contribution in [0.1, 0.15) is 26.7 Å². The molecule has 114 valence electrons. The van der Waals surface area contributed by atoms with Crippen LogP contribution in [0.4, 0.5) is 10.1 Å². The van der Waals surface area contributed by atoms with Crippen molar-refractivity contribution in [2.24, 2.45) is 22.2 Å². The standard InChI is InChI=1S/C15H20FN3O2/c1-3-19(12-7-5-4-6-11(12)16)14(20)15(13(17)18-21)8-10(2)9-15/h4-7,10,21H,3,8-9H2,1-2H3,(H2,17,18). The summed E-state index contributed by atoms with van der Waals surface area (Å²) >= 11 is 0. The number of hydrogen-bond donors (Lipinski definition) is 2. The van der Waals surface area contributed by atoms with Crippen molar-refractivity contribution in [1.82, 2.24) is 0 Å². The molecule has 1 fully saturated rings. The Kier molecular flexibility index (Phi) is 4.16. The van der Waals surface area contributed by atoms with E-state index in [1.165, 1.54) is 11.0 Å². The predicted octanol–water partition coefficient (Wildman–Crippen LogP) is 2.34. The van der Waals surface area contributed by atoms with Crippen molar-refractivity contribution in [3.05, 3.63) is 30.1 Å². The fourth-order valence-corrected chi connectivity index (χ4v) is 3.07. The van der Waals surface area contributed by atoms with Crippen molar-refractivity contribution >= 4 is 17.4 Å². The zero-order valence-electron chi connectivity index (χ0n) is 12.2. The number of nitrogens with zero attached hydrogens (tertiary/aromatic N) is 2. The summed E-state index contributed by atoms with van der Waals surface area (Å²) in [6, 6.07) is 6.11. The van der Waals surface area contributed by atoms with Crippen LogP contribution in [0.2, 0.25) is 0 Å². The van der Waals surface area contributed by atoms with E-state index < -0.39 is 11.2 Å². The second-order valence-corrected chi connectivity index (χ2v) is 5.58. The van der Waals surface area contributed by atoms with Gasteiger partial charge in [-0.3, -0.25) is 4.79 Å². The number of nitrogens with two attached hydrogens (primary N) is 1. The van der Waals surface area contributed by atoms with E-state index >= 15 is 0 Å². The molecule has 2 rings (SSSR count). The highest BCUT2D eigenvalue weighted by Gasteiger charge is 2.54. The van der Waals surface area contributed by atoms with Gasteiger partial charge in [-0.2, -0.15) is 0 Å². The number of rotatable bonds is 4. The van der Waals surface area contributed by atoms with Gasteiger partial charge in [0, 0.05) is 6.54 Å². The maximum absolute atomic E-state index is 14.0. The normalized spacial score (nSPS) is 25.3. The Labute approximate surface area is 123 Å². The first-order valence-corrected chi connectivity index (χ1v) is 7.00. The molecule has 1 aliphatic rings. The van der Waals surface area contributed by atoms with Gasteiger partial charge in [0.15, 0.2) is 5.84 Å². The third-order valence-corrected chi connectivity index (χ3v) is 4.11. The van der Waals surface area contributed by atoms with Gasteiger partial charge in [-0.25, -0.2) is 4.39 Å². The maximum atomic E-state index is 14.0. The molecule has 1 saturated carbocycles. The van der Waals surface area contributed by atoms with Crippen molar-refractivity contribution in [2.45, 2.75) is 26.7 Å². The number of halogens is 1. The first kappa shape index (κ1) is 15.3. The molecule has 0 unspecified atom stereocenters. The molecule has 0 atom stereocenters. The molecule has 0 radical (unpaired) electrons. The fourth-order valence-electron chi connectivity index (χ4n) is 3.07. The Morgan fingerprint density at radius 2 is 2.14 bits per heavy atom. The van der Waals surface area contributed by atoms with Gasteiger partial charge in [0.25, 0.3) is 0 Å². The summed E-state index contributed by atoms with van der Waals surface area (Å²) in [5.41, 5.74) is 4.94. The topological polar surface area (TPSA) is 78.9 Å². The molecule has 0 aliphatic heterocycles. The lowest BCUT2D eigenvalue weighted by Gasteiger charge is -2.46. The van der Waals surface area contributed by atoms with Crippen LogP contribution in [0.5, 0.6) is 0 Å². The zero-order chi connectivity index (χ0) is 15.6. The van der Waals surface area contributed by atoms with Crippen LogP contribution >= 0.6 is 0 Å². The van der Waals surface area contributed by atoms with E-state index in [1.54, 1.807) is 25.1 Å². The van der Waals surface area contributed by atoms with Gasteiger partial charge in [0.2, 0.25) is 5.91 Å². The van der Waals surface area contributed by atoms with Crippen LogP contribution in [0.25, 0.3) is 0 Å². The summed E-state index contributed by atoms with van der Waals surface area (Å²) < 4.78 is 14.0. The average Bonchev–Trinajstić information content (AvgIpc) is 2.45. The molecule has 6 heteroatoms. The van der Waals surface area contributed by atoms with Crippen molar-refractivity contribution in [3.63, 3.8) is 0 Å². The van der Waals surface area contributed by atoms with E-state index in [4.69, 9.17) is 10.9 Å². The van der Waals surface area contributed by atoms with Crippen molar-refractivity contribution in [1.29, 1.82) is 0 Å². The number of amides is 1. The van der Waals surface area contributed by atoms with E-state index in [9.17, 15) is 9.18 Å². The van der Waals surface area contributed by atoms with Gasteiger partial charge in [-0.1, -0.05) is 24.2 Å². The fraction of sp³-hybridized carbons (Fsp3) is 0.467. The van der Waals surface area contributed by atoms with Crippen LogP contribution in [0, 0.1) is 17.2 Å². The third kappa shape index (κ3) is 2.46. The van der Waals surface area contributed by atoms with Gasteiger partial charge in [0.1, 0.15) is 11.2 Å². The number of benzene rings is 1. The minimum atomic E-state index is -1.02. The molecule has 3 N–H and O–H groups in total. The molecule has 0 heterocycles. The van der Waals surface area contributed by atoms with Gasteiger partial charge in [-0.05, 0) is 37.8 Å². The number of carbonyl (C=O) groups is 1. The molecule has 0 aromatic heterocycles. The van der Waals surface area contributed by atoms with Crippen molar-refractivity contribution in [2.75, 3.05) is 11.4 Å². The van der Waals surface area contributed by atoms with Gasteiger partial charge >= 0.3 is 0 Å². The van der Waals surface area contributed by atoms with E-state index in [0.717, 1.165) is 0 Å². The highest BCUT2D eigenvalue weighted by Crippen LogP contribution is 2.47. The molecule has 0 saturated heterocycles. The Hall–Kier alpha value is -2.11. The Bertz CT molecular complexity index is 568. The minimum Gasteiger partial charge on any atom is -0.409 e. The first-order chi connectivity index (χ1) is 9.96. The lowest BCUT2D eigenvalue weighted by atomic mass is 9.61. The number of amidine groups is 1. The Balaban J connectivity index is 2.38. The zero-order valence-corrected chi connectivity index (χ0v) is 12.2. The summed E-state index contributed by atoms with van der Waals surface area (Å²) in [5, 5.41) is 12.0. The van der Waals surface area contributed by atoms with Gasteiger partial charge < -0.3 is 15.8 Å². The summed E-state index contributed by atoms with van der Waals surface area (Å²) in [6.45, 7) is 4.08. The highest BCUT2D eigenvalue weighted by atomic mass is 19.1. The SMILES string of the molecule is CCN(C(=O)C1(/C(N)=N/O)CC(C)C1)c1ccccc1F. The van der Waals surface area contributed by atoms with E-state index in [0.29, 0.717) is 25.3 Å². The molecule has 1 aromatic carbocycles. The summed E-state index contributed by atoms with van der Waals surface area (Å²) in [6.07, 6.45) is 1.01. The Morgan fingerprint density at radius 3 is 2.62 bits per heavy atom. The van der Waals surface area contributed by atoms with E-state index in [2.05, 4.69) is 5.16 Å². The third-order valence-electron chi connectivity index (χ3n) is 4.11. The van der Waals surface area contributed by atoms with E-state index in [-0.39, 0.29) is 17.4 Å². The molecule has 5 nitrogen and oxygen atoms in total. The summed E-state index contributed by atoms with van der Waals surface area (Å²) in [4.78, 5) is 14.2. The lowest BCUT2D eigenvalue weighted by Crippen LogP contribution is -2.58. The number of carbonyl (C=O) groups excluding carboxylic acids is 1. The quantitative estimate of drug-likeness (QED) is 0.387. The average molecular weight is 293 g/mol. The Morgan fingerprint density at radius 1 is 1.52 bits per heavy atom. The molecular weight excluding hydrogens is 273 g/mol. The summed E-state index contributed by atoms with van der Waals surface area (Å²) in [5.74, 6) is -0.563.